The monoisotopic (exact) mass is 444 g/mol. The summed E-state index contributed by atoms with van der Waals surface area (Å²) in [6, 6.07) is 25.6. The minimum Gasteiger partial charge on any atom is -0.497 e. The number of thioether (sulfide) groups is 1. The second-order valence-electron chi connectivity index (χ2n) is 7.39. The standard InChI is InChI=1S/C25H24N4O2S/c1-28(2)24(30)20-11-9-18(10-12-20)17-32-25-27-26-23(19-7-5-4-6-8-19)29(25)21-13-15-22(31-3)16-14-21/h4-16H,17H2,1-3H3. The highest BCUT2D eigenvalue weighted by atomic mass is 32.2. The van der Waals surface area contributed by atoms with Gasteiger partial charge in [-0.15, -0.1) is 10.2 Å². The minimum absolute atomic E-state index is 0.00375. The predicted octanol–water partition coefficient (Wildman–Crippen LogP) is 4.94. The largest absolute Gasteiger partial charge is 0.497 e. The fraction of sp³-hybridized carbons (Fsp3) is 0.160. The SMILES string of the molecule is COc1ccc(-n2c(SCc3ccc(C(=O)N(C)C)cc3)nnc2-c2ccccc2)cc1. The number of hydrogen-bond donors (Lipinski definition) is 0. The van der Waals surface area contributed by atoms with Crippen LogP contribution in [0.4, 0.5) is 0 Å². The third kappa shape index (κ3) is 4.68. The molecule has 1 aromatic heterocycles. The van der Waals surface area contributed by atoms with Crippen LogP contribution in [0, 0.1) is 0 Å². The summed E-state index contributed by atoms with van der Waals surface area (Å²) in [5.74, 6) is 2.28. The van der Waals surface area contributed by atoms with E-state index in [1.165, 1.54) is 0 Å². The van der Waals surface area contributed by atoms with Crippen molar-refractivity contribution in [1.82, 2.24) is 19.7 Å². The minimum atomic E-state index is -0.00375. The van der Waals surface area contributed by atoms with Crippen molar-refractivity contribution in [3.8, 4) is 22.8 Å². The Kier molecular flexibility index (Phi) is 6.56. The van der Waals surface area contributed by atoms with Crippen LogP contribution in [0.2, 0.25) is 0 Å². The number of benzene rings is 3. The number of hydrogen-bond acceptors (Lipinski definition) is 5. The molecule has 1 heterocycles. The third-order valence-corrected chi connectivity index (χ3v) is 5.97. The van der Waals surface area contributed by atoms with Crippen molar-refractivity contribution in [1.29, 1.82) is 0 Å². The van der Waals surface area contributed by atoms with Crippen molar-refractivity contribution in [2.75, 3.05) is 21.2 Å². The van der Waals surface area contributed by atoms with Crippen LogP contribution in [-0.4, -0.2) is 46.8 Å². The number of amides is 1. The van der Waals surface area contributed by atoms with Crippen LogP contribution < -0.4 is 4.74 Å². The Morgan fingerprint density at radius 1 is 0.938 bits per heavy atom. The van der Waals surface area contributed by atoms with Gasteiger partial charge >= 0.3 is 0 Å². The average Bonchev–Trinajstić information content (AvgIpc) is 3.27. The molecule has 0 spiro atoms. The fourth-order valence-corrected chi connectivity index (χ4v) is 4.16. The predicted molar refractivity (Wildman–Crippen MR) is 127 cm³/mol. The van der Waals surface area contributed by atoms with E-state index in [1.54, 1.807) is 37.9 Å². The van der Waals surface area contributed by atoms with E-state index >= 15 is 0 Å². The number of ether oxygens (including phenoxy) is 1. The summed E-state index contributed by atoms with van der Waals surface area (Å²) < 4.78 is 7.36. The number of rotatable bonds is 7. The van der Waals surface area contributed by atoms with Crippen LogP contribution in [0.1, 0.15) is 15.9 Å². The zero-order valence-electron chi connectivity index (χ0n) is 18.2. The average molecular weight is 445 g/mol. The summed E-state index contributed by atoms with van der Waals surface area (Å²) >= 11 is 1.60. The molecule has 0 aliphatic rings. The van der Waals surface area contributed by atoms with Crippen LogP contribution in [0.25, 0.3) is 17.1 Å². The molecule has 4 rings (SSSR count). The molecule has 0 unspecified atom stereocenters. The Morgan fingerprint density at radius 2 is 1.62 bits per heavy atom. The Bertz CT molecular complexity index is 1190. The quantitative estimate of drug-likeness (QED) is 0.378. The van der Waals surface area contributed by atoms with Gasteiger partial charge in [0.2, 0.25) is 0 Å². The molecular formula is C25H24N4O2S. The maximum atomic E-state index is 12.1. The molecule has 6 nitrogen and oxygen atoms in total. The number of carbonyl (C=O) groups excluding carboxylic acids is 1. The molecule has 0 fully saturated rings. The first-order valence-electron chi connectivity index (χ1n) is 10.2. The van der Waals surface area contributed by atoms with E-state index in [-0.39, 0.29) is 5.91 Å². The maximum absolute atomic E-state index is 12.1. The molecule has 32 heavy (non-hydrogen) atoms. The first-order valence-corrected chi connectivity index (χ1v) is 11.1. The molecule has 0 atom stereocenters. The van der Waals surface area contributed by atoms with Crippen molar-refractivity contribution >= 4 is 17.7 Å². The Balaban J connectivity index is 1.62. The molecule has 4 aromatic rings. The topological polar surface area (TPSA) is 60.2 Å². The molecule has 0 N–H and O–H groups in total. The Morgan fingerprint density at radius 3 is 2.25 bits per heavy atom. The summed E-state index contributed by atoms with van der Waals surface area (Å²) in [5, 5.41) is 9.76. The number of carbonyl (C=O) groups is 1. The van der Waals surface area contributed by atoms with E-state index in [0.29, 0.717) is 11.3 Å². The molecular weight excluding hydrogens is 420 g/mol. The van der Waals surface area contributed by atoms with E-state index in [9.17, 15) is 4.79 Å². The van der Waals surface area contributed by atoms with Gasteiger partial charge in [-0.25, -0.2) is 0 Å². The molecule has 0 saturated carbocycles. The lowest BCUT2D eigenvalue weighted by Crippen LogP contribution is -2.21. The molecule has 162 valence electrons. The van der Waals surface area contributed by atoms with E-state index in [1.807, 2.05) is 78.9 Å². The lowest BCUT2D eigenvalue weighted by molar-refractivity contribution is 0.0827. The van der Waals surface area contributed by atoms with Gasteiger partial charge in [0.05, 0.1) is 7.11 Å². The number of aromatic nitrogens is 3. The van der Waals surface area contributed by atoms with E-state index in [4.69, 9.17) is 4.74 Å². The van der Waals surface area contributed by atoms with Crippen molar-refractivity contribution in [2.45, 2.75) is 10.9 Å². The van der Waals surface area contributed by atoms with Crippen molar-refractivity contribution < 1.29 is 9.53 Å². The van der Waals surface area contributed by atoms with Crippen LogP contribution >= 0.6 is 11.8 Å². The molecule has 0 aliphatic heterocycles. The Labute approximate surface area is 191 Å². The van der Waals surface area contributed by atoms with Crippen LogP contribution in [0.15, 0.2) is 84.0 Å². The van der Waals surface area contributed by atoms with E-state index in [2.05, 4.69) is 14.8 Å². The van der Waals surface area contributed by atoms with Gasteiger partial charge in [0.25, 0.3) is 5.91 Å². The summed E-state index contributed by atoms with van der Waals surface area (Å²) in [6.45, 7) is 0. The van der Waals surface area contributed by atoms with E-state index < -0.39 is 0 Å². The van der Waals surface area contributed by atoms with Gasteiger partial charge in [0.15, 0.2) is 11.0 Å². The molecule has 7 heteroatoms. The summed E-state index contributed by atoms with van der Waals surface area (Å²) in [4.78, 5) is 13.7. The van der Waals surface area contributed by atoms with Crippen LogP contribution in [0.3, 0.4) is 0 Å². The van der Waals surface area contributed by atoms with Gasteiger partial charge in [-0.3, -0.25) is 9.36 Å². The number of methoxy groups -OCH3 is 1. The molecule has 1 amide bonds. The highest BCUT2D eigenvalue weighted by Crippen LogP contribution is 2.30. The van der Waals surface area contributed by atoms with Crippen molar-refractivity contribution in [2.24, 2.45) is 0 Å². The van der Waals surface area contributed by atoms with Gasteiger partial charge < -0.3 is 9.64 Å². The maximum Gasteiger partial charge on any atom is 0.253 e. The smallest absolute Gasteiger partial charge is 0.253 e. The molecule has 3 aromatic carbocycles. The second-order valence-corrected chi connectivity index (χ2v) is 8.33. The van der Waals surface area contributed by atoms with Gasteiger partial charge in [0.1, 0.15) is 5.75 Å². The normalized spacial score (nSPS) is 10.7. The first-order chi connectivity index (χ1) is 15.6. The lowest BCUT2D eigenvalue weighted by atomic mass is 10.1. The molecule has 0 saturated heterocycles. The van der Waals surface area contributed by atoms with Crippen molar-refractivity contribution in [3.05, 3.63) is 90.0 Å². The highest BCUT2D eigenvalue weighted by Gasteiger charge is 2.16. The third-order valence-electron chi connectivity index (χ3n) is 4.97. The van der Waals surface area contributed by atoms with Crippen LogP contribution in [-0.2, 0) is 5.75 Å². The summed E-state index contributed by atoms with van der Waals surface area (Å²) in [6.07, 6.45) is 0. The zero-order chi connectivity index (χ0) is 22.5. The first kappa shape index (κ1) is 21.6. The highest BCUT2D eigenvalue weighted by molar-refractivity contribution is 7.98. The van der Waals surface area contributed by atoms with Gasteiger partial charge in [0, 0.05) is 36.7 Å². The molecule has 0 aliphatic carbocycles. The Hall–Kier alpha value is -3.58. The van der Waals surface area contributed by atoms with Crippen LogP contribution in [0.5, 0.6) is 5.75 Å². The zero-order valence-corrected chi connectivity index (χ0v) is 19.0. The van der Waals surface area contributed by atoms with Crippen molar-refractivity contribution in [3.63, 3.8) is 0 Å². The summed E-state index contributed by atoms with van der Waals surface area (Å²) in [7, 11) is 5.16. The van der Waals surface area contributed by atoms with Gasteiger partial charge in [-0.2, -0.15) is 0 Å². The van der Waals surface area contributed by atoms with E-state index in [0.717, 1.165) is 33.5 Å². The fourth-order valence-electron chi connectivity index (χ4n) is 3.25. The number of nitrogens with zero attached hydrogens (tertiary/aromatic N) is 4. The second kappa shape index (κ2) is 9.70. The lowest BCUT2D eigenvalue weighted by Gasteiger charge is -2.12. The summed E-state index contributed by atoms with van der Waals surface area (Å²) in [5.41, 5.74) is 3.74. The molecule has 0 bridgehead atoms. The van der Waals surface area contributed by atoms with Gasteiger partial charge in [-0.05, 0) is 42.0 Å². The molecule has 0 radical (unpaired) electrons. The van der Waals surface area contributed by atoms with Gasteiger partial charge in [-0.1, -0.05) is 54.2 Å².